The molecule has 0 fully saturated rings. The molecule has 0 aliphatic carbocycles. The molecule has 0 radical (unpaired) electrons. The van der Waals surface area contributed by atoms with Crippen molar-refractivity contribution in [2.45, 2.75) is 13.3 Å². The van der Waals surface area contributed by atoms with Crippen LogP contribution in [0.1, 0.15) is 13.3 Å². The molecule has 1 heterocycles. The number of anilines is 2. The highest BCUT2D eigenvalue weighted by atomic mass is 15.2. The van der Waals surface area contributed by atoms with E-state index in [0.717, 1.165) is 42.9 Å². The van der Waals surface area contributed by atoms with Gasteiger partial charge in [-0.25, -0.2) is 9.97 Å². The van der Waals surface area contributed by atoms with Gasteiger partial charge in [0.25, 0.3) is 0 Å². The molecule has 5 nitrogen and oxygen atoms in total. The Hall–Kier alpha value is -1.88. The van der Waals surface area contributed by atoms with E-state index in [1.165, 1.54) is 0 Å². The highest BCUT2D eigenvalue weighted by molar-refractivity contribution is 5.79. The molecule has 2 N–H and O–H groups in total. The summed E-state index contributed by atoms with van der Waals surface area (Å²) < 4.78 is 0. The Morgan fingerprint density at radius 1 is 1.00 bits per heavy atom. The number of para-hydroxylation sites is 2. The van der Waals surface area contributed by atoms with Gasteiger partial charge in [0.1, 0.15) is 0 Å². The van der Waals surface area contributed by atoms with E-state index in [1.54, 1.807) is 0 Å². The lowest BCUT2D eigenvalue weighted by Crippen LogP contribution is -2.33. The molecular formula is C15H23N5. The number of nitrogens with two attached hydrogens (primary N) is 1. The molecule has 2 rings (SSSR count). The minimum absolute atomic E-state index is 0.510. The lowest BCUT2D eigenvalue weighted by atomic mass is 10.3. The van der Waals surface area contributed by atoms with Gasteiger partial charge in [-0.05, 0) is 32.6 Å². The molecule has 108 valence electrons. The molecular weight excluding hydrogens is 250 g/mol. The van der Waals surface area contributed by atoms with Gasteiger partial charge in [0, 0.05) is 19.6 Å². The summed E-state index contributed by atoms with van der Waals surface area (Å²) in [5.74, 6) is 1.31. The second-order valence-electron chi connectivity index (χ2n) is 5.21. The topological polar surface area (TPSA) is 58.3 Å². The molecule has 1 aromatic heterocycles. The average Bonchev–Trinajstić information content (AvgIpc) is 2.42. The van der Waals surface area contributed by atoms with Gasteiger partial charge in [-0.2, -0.15) is 0 Å². The number of nitrogen functional groups attached to an aromatic ring is 1. The first-order valence-electron chi connectivity index (χ1n) is 7.03. The van der Waals surface area contributed by atoms with Crippen molar-refractivity contribution in [3.63, 3.8) is 0 Å². The maximum Gasteiger partial charge on any atom is 0.172 e. The van der Waals surface area contributed by atoms with Crippen LogP contribution in [0.2, 0.25) is 0 Å². The van der Waals surface area contributed by atoms with Crippen LogP contribution in [0.5, 0.6) is 0 Å². The minimum Gasteiger partial charge on any atom is -0.381 e. The molecule has 0 spiro atoms. The lowest BCUT2D eigenvalue weighted by Gasteiger charge is -2.25. The summed E-state index contributed by atoms with van der Waals surface area (Å²) in [4.78, 5) is 13.5. The third kappa shape index (κ3) is 3.36. The summed E-state index contributed by atoms with van der Waals surface area (Å²) in [6, 6.07) is 7.83. The van der Waals surface area contributed by atoms with Crippen LogP contribution in [0.4, 0.5) is 11.6 Å². The van der Waals surface area contributed by atoms with Crippen LogP contribution in [0.25, 0.3) is 11.0 Å². The normalized spacial score (nSPS) is 11.2. The van der Waals surface area contributed by atoms with Crippen molar-refractivity contribution < 1.29 is 0 Å². The molecule has 20 heavy (non-hydrogen) atoms. The number of likely N-dealkylation sites (N-methyl/N-ethyl adjacent to an activating group) is 1. The highest BCUT2D eigenvalue weighted by Gasteiger charge is 2.13. The van der Waals surface area contributed by atoms with Crippen LogP contribution in [0, 0.1) is 0 Å². The fraction of sp³-hybridized carbons (Fsp3) is 0.467. The van der Waals surface area contributed by atoms with Crippen LogP contribution in [-0.4, -0.2) is 48.6 Å². The van der Waals surface area contributed by atoms with E-state index in [2.05, 4.69) is 35.8 Å². The standard InChI is InChI=1S/C15H23N5/c1-4-9-20(11-10-19(2)3)15-14(16)17-12-7-5-6-8-13(12)18-15/h5-8H,4,9-11H2,1-3H3,(H2,16,17). The summed E-state index contributed by atoms with van der Waals surface area (Å²) in [6.45, 7) is 4.96. The van der Waals surface area contributed by atoms with Crippen molar-refractivity contribution in [1.29, 1.82) is 0 Å². The van der Waals surface area contributed by atoms with Crippen molar-refractivity contribution in [2.24, 2.45) is 0 Å². The molecule has 0 bridgehead atoms. The zero-order chi connectivity index (χ0) is 14.5. The van der Waals surface area contributed by atoms with Crippen LogP contribution >= 0.6 is 0 Å². The van der Waals surface area contributed by atoms with Gasteiger partial charge in [-0.15, -0.1) is 0 Å². The van der Waals surface area contributed by atoms with Crippen molar-refractivity contribution in [1.82, 2.24) is 14.9 Å². The number of hydrogen-bond acceptors (Lipinski definition) is 5. The van der Waals surface area contributed by atoms with Crippen molar-refractivity contribution in [2.75, 3.05) is 44.4 Å². The SMILES string of the molecule is CCCN(CCN(C)C)c1nc2ccccc2nc1N. The van der Waals surface area contributed by atoms with Crippen LogP contribution < -0.4 is 10.6 Å². The average molecular weight is 273 g/mol. The predicted molar refractivity (Wildman–Crippen MR) is 85.0 cm³/mol. The first-order chi connectivity index (χ1) is 9.61. The highest BCUT2D eigenvalue weighted by Crippen LogP contribution is 2.22. The van der Waals surface area contributed by atoms with Crippen LogP contribution in [0.15, 0.2) is 24.3 Å². The summed E-state index contributed by atoms with van der Waals surface area (Å²) in [5, 5.41) is 0. The molecule has 0 saturated heterocycles. The minimum atomic E-state index is 0.510. The Kier molecular flexibility index (Phi) is 4.74. The molecule has 2 aromatic rings. The first kappa shape index (κ1) is 14.5. The van der Waals surface area contributed by atoms with E-state index in [9.17, 15) is 0 Å². The maximum absolute atomic E-state index is 6.10. The van der Waals surface area contributed by atoms with Gasteiger partial charge in [-0.3, -0.25) is 0 Å². The number of rotatable bonds is 6. The molecule has 0 saturated carbocycles. The molecule has 0 unspecified atom stereocenters. The van der Waals surface area contributed by atoms with E-state index >= 15 is 0 Å². The molecule has 5 heteroatoms. The Labute approximate surface area is 120 Å². The first-order valence-corrected chi connectivity index (χ1v) is 7.03. The second-order valence-corrected chi connectivity index (χ2v) is 5.21. The van der Waals surface area contributed by atoms with E-state index < -0.39 is 0 Å². The number of aromatic nitrogens is 2. The third-order valence-electron chi connectivity index (χ3n) is 3.19. The van der Waals surface area contributed by atoms with E-state index in [0.29, 0.717) is 5.82 Å². The number of hydrogen-bond donors (Lipinski definition) is 1. The summed E-state index contributed by atoms with van der Waals surface area (Å²) in [6.07, 6.45) is 1.06. The fourth-order valence-corrected chi connectivity index (χ4v) is 2.15. The Balaban J connectivity index is 2.33. The second kappa shape index (κ2) is 6.52. The van der Waals surface area contributed by atoms with Gasteiger partial charge in [0.2, 0.25) is 0 Å². The van der Waals surface area contributed by atoms with Crippen LogP contribution in [0.3, 0.4) is 0 Å². The Morgan fingerprint density at radius 3 is 2.25 bits per heavy atom. The molecule has 1 aromatic carbocycles. The summed E-state index contributed by atoms with van der Waals surface area (Å²) in [7, 11) is 4.14. The van der Waals surface area contributed by atoms with Crippen molar-refractivity contribution in [3.05, 3.63) is 24.3 Å². The van der Waals surface area contributed by atoms with Gasteiger partial charge >= 0.3 is 0 Å². The molecule has 0 aliphatic rings. The van der Waals surface area contributed by atoms with E-state index in [1.807, 2.05) is 24.3 Å². The zero-order valence-corrected chi connectivity index (χ0v) is 12.5. The fourth-order valence-electron chi connectivity index (χ4n) is 2.15. The maximum atomic E-state index is 6.10. The third-order valence-corrected chi connectivity index (χ3v) is 3.19. The number of fused-ring (bicyclic) bond motifs is 1. The van der Waals surface area contributed by atoms with E-state index in [-0.39, 0.29) is 0 Å². The Morgan fingerprint density at radius 2 is 1.65 bits per heavy atom. The monoisotopic (exact) mass is 273 g/mol. The van der Waals surface area contributed by atoms with Gasteiger partial charge in [-0.1, -0.05) is 19.1 Å². The van der Waals surface area contributed by atoms with Gasteiger partial charge in [0.15, 0.2) is 11.6 Å². The lowest BCUT2D eigenvalue weighted by molar-refractivity contribution is 0.412. The van der Waals surface area contributed by atoms with Crippen LogP contribution in [-0.2, 0) is 0 Å². The predicted octanol–water partition coefficient (Wildman–Crippen LogP) is 1.99. The number of benzene rings is 1. The molecule has 0 aliphatic heterocycles. The van der Waals surface area contributed by atoms with Crippen molar-refractivity contribution in [3.8, 4) is 0 Å². The summed E-state index contributed by atoms with van der Waals surface area (Å²) >= 11 is 0. The molecule has 0 amide bonds. The molecule has 0 atom stereocenters. The largest absolute Gasteiger partial charge is 0.381 e. The zero-order valence-electron chi connectivity index (χ0n) is 12.5. The van der Waals surface area contributed by atoms with Gasteiger partial charge < -0.3 is 15.5 Å². The van der Waals surface area contributed by atoms with E-state index in [4.69, 9.17) is 10.7 Å². The van der Waals surface area contributed by atoms with Gasteiger partial charge in [0.05, 0.1) is 11.0 Å². The smallest absolute Gasteiger partial charge is 0.172 e. The summed E-state index contributed by atoms with van der Waals surface area (Å²) in [5.41, 5.74) is 7.83. The van der Waals surface area contributed by atoms with Crippen molar-refractivity contribution >= 4 is 22.7 Å². The Bertz CT molecular complexity index is 567. The number of nitrogens with zero attached hydrogens (tertiary/aromatic N) is 4. The quantitative estimate of drug-likeness (QED) is 0.872.